The van der Waals surface area contributed by atoms with Crippen LogP contribution in [0.5, 0.6) is 0 Å². The minimum atomic E-state index is -1.04. The summed E-state index contributed by atoms with van der Waals surface area (Å²) in [6, 6.07) is 0. The van der Waals surface area contributed by atoms with Gasteiger partial charge in [0.25, 0.3) is 0 Å². The Morgan fingerprint density at radius 2 is 2.29 bits per heavy atom. The van der Waals surface area contributed by atoms with Crippen LogP contribution in [0.15, 0.2) is 6.20 Å². The highest BCUT2D eigenvalue weighted by atomic mass is 16.5. The van der Waals surface area contributed by atoms with Gasteiger partial charge in [0.05, 0.1) is 25.0 Å². The molecule has 0 bridgehead atoms. The van der Waals surface area contributed by atoms with Gasteiger partial charge in [-0.3, -0.25) is 9.48 Å². The average Bonchev–Trinajstić information content (AvgIpc) is 2.61. The third-order valence-electron chi connectivity index (χ3n) is 2.16. The minimum Gasteiger partial charge on any atom is -0.478 e. The summed E-state index contributed by atoms with van der Waals surface area (Å²) in [6.45, 7) is 2.34. The lowest BCUT2D eigenvalue weighted by molar-refractivity contribution is -0.142. The fraction of sp³-hybridized carbons (Fsp3) is 0.500. The number of nitrogens with one attached hydrogen (secondary N) is 1. The number of carboxylic acid groups (broad SMARTS) is 1. The van der Waals surface area contributed by atoms with Crippen molar-refractivity contribution < 1.29 is 19.4 Å². The molecule has 0 unspecified atom stereocenters. The number of ether oxygens (including phenoxy) is 1. The van der Waals surface area contributed by atoms with E-state index in [4.69, 9.17) is 9.84 Å². The van der Waals surface area contributed by atoms with Gasteiger partial charge in [-0.2, -0.15) is 5.10 Å². The molecular formula is C10H15N3O4. The maximum atomic E-state index is 11.1. The fourth-order valence-electron chi connectivity index (χ4n) is 1.35. The lowest BCUT2D eigenvalue weighted by Gasteiger charge is -2.06. The highest BCUT2D eigenvalue weighted by Crippen LogP contribution is 2.06. The molecule has 2 N–H and O–H groups in total. The number of aromatic nitrogens is 2. The van der Waals surface area contributed by atoms with Crippen LogP contribution < -0.4 is 5.32 Å². The van der Waals surface area contributed by atoms with Crippen molar-refractivity contribution in [2.45, 2.75) is 13.5 Å². The molecule has 0 saturated carbocycles. The van der Waals surface area contributed by atoms with Crippen LogP contribution in [0.2, 0.25) is 0 Å². The summed E-state index contributed by atoms with van der Waals surface area (Å²) in [6.07, 6.45) is 1.28. The summed E-state index contributed by atoms with van der Waals surface area (Å²) in [7, 11) is 1.65. The number of carbonyl (C=O) groups excluding carboxylic acids is 1. The summed E-state index contributed by atoms with van der Waals surface area (Å²) in [5.74, 6) is -1.41. The van der Waals surface area contributed by atoms with Crippen molar-refractivity contribution >= 4 is 11.9 Å². The largest absolute Gasteiger partial charge is 0.478 e. The molecule has 0 spiro atoms. The van der Waals surface area contributed by atoms with Crippen LogP contribution in [0.3, 0.4) is 0 Å². The van der Waals surface area contributed by atoms with Gasteiger partial charge in [-0.05, 0) is 6.92 Å². The summed E-state index contributed by atoms with van der Waals surface area (Å²) in [5.41, 5.74) is 0.644. The predicted octanol–water partition coefficient (Wildman–Crippen LogP) is -0.229. The first-order valence-corrected chi connectivity index (χ1v) is 5.16. The second-order valence-corrected chi connectivity index (χ2v) is 3.34. The quantitative estimate of drug-likeness (QED) is 0.668. The van der Waals surface area contributed by atoms with Gasteiger partial charge in [0, 0.05) is 13.6 Å². The molecule has 1 aromatic heterocycles. The number of esters is 1. The zero-order chi connectivity index (χ0) is 12.8. The van der Waals surface area contributed by atoms with Gasteiger partial charge >= 0.3 is 11.9 Å². The van der Waals surface area contributed by atoms with Crippen LogP contribution in [0, 0.1) is 0 Å². The zero-order valence-electron chi connectivity index (χ0n) is 9.77. The average molecular weight is 241 g/mol. The zero-order valence-corrected chi connectivity index (χ0v) is 9.77. The van der Waals surface area contributed by atoms with E-state index in [1.807, 2.05) is 0 Å². The molecule has 0 aliphatic rings. The monoisotopic (exact) mass is 241 g/mol. The fourth-order valence-corrected chi connectivity index (χ4v) is 1.35. The highest BCUT2D eigenvalue weighted by Gasteiger charge is 2.14. The number of nitrogens with zero attached hydrogens (tertiary/aromatic N) is 2. The van der Waals surface area contributed by atoms with Crippen molar-refractivity contribution in [1.29, 1.82) is 0 Å². The molecule has 7 nitrogen and oxygen atoms in total. The molecule has 1 heterocycles. The van der Waals surface area contributed by atoms with E-state index < -0.39 is 5.97 Å². The van der Waals surface area contributed by atoms with E-state index in [0.29, 0.717) is 12.3 Å². The van der Waals surface area contributed by atoms with Crippen LogP contribution in [0.4, 0.5) is 0 Å². The van der Waals surface area contributed by atoms with E-state index in [1.165, 1.54) is 10.9 Å². The van der Waals surface area contributed by atoms with Crippen molar-refractivity contribution in [3.63, 3.8) is 0 Å². The Morgan fingerprint density at radius 1 is 1.59 bits per heavy atom. The summed E-state index contributed by atoms with van der Waals surface area (Å²) >= 11 is 0. The predicted molar refractivity (Wildman–Crippen MR) is 58.5 cm³/mol. The third-order valence-corrected chi connectivity index (χ3v) is 2.16. The molecular weight excluding hydrogens is 226 g/mol. The van der Waals surface area contributed by atoms with Crippen LogP contribution in [0.25, 0.3) is 0 Å². The van der Waals surface area contributed by atoms with Crippen LogP contribution in [-0.4, -0.2) is 40.0 Å². The molecule has 1 aromatic rings. The Hall–Kier alpha value is -1.89. The van der Waals surface area contributed by atoms with Crippen molar-refractivity contribution in [3.05, 3.63) is 17.5 Å². The van der Waals surface area contributed by atoms with Crippen LogP contribution >= 0.6 is 0 Å². The first kappa shape index (κ1) is 13.2. The standard InChI is InChI=1S/C10H15N3O4/c1-3-17-9(14)6-11-5-8-7(10(15)16)4-12-13(8)2/h4,11H,3,5-6H2,1-2H3,(H,15,16). The molecule has 17 heavy (non-hydrogen) atoms. The Kier molecular flexibility index (Phi) is 4.65. The normalized spacial score (nSPS) is 10.2. The molecule has 1 rings (SSSR count). The molecule has 0 aliphatic carbocycles. The molecule has 0 fully saturated rings. The van der Waals surface area contributed by atoms with Gasteiger partial charge in [0.15, 0.2) is 0 Å². The number of aromatic carboxylic acids is 1. The van der Waals surface area contributed by atoms with Crippen molar-refractivity contribution in [2.24, 2.45) is 7.05 Å². The van der Waals surface area contributed by atoms with Crippen molar-refractivity contribution in [2.75, 3.05) is 13.2 Å². The number of hydrogen-bond acceptors (Lipinski definition) is 5. The molecule has 0 saturated heterocycles. The van der Waals surface area contributed by atoms with E-state index in [2.05, 4.69) is 10.4 Å². The summed E-state index contributed by atoms with van der Waals surface area (Å²) < 4.78 is 6.19. The second-order valence-electron chi connectivity index (χ2n) is 3.34. The van der Waals surface area contributed by atoms with E-state index in [0.717, 1.165) is 0 Å². The maximum absolute atomic E-state index is 11.1. The number of aryl methyl sites for hydroxylation is 1. The molecule has 7 heteroatoms. The Bertz CT molecular complexity index is 414. The minimum absolute atomic E-state index is 0.0398. The Balaban J connectivity index is 2.54. The van der Waals surface area contributed by atoms with Gasteiger partial charge in [-0.25, -0.2) is 4.79 Å². The first-order chi connectivity index (χ1) is 8.06. The molecule has 0 aliphatic heterocycles. The lowest BCUT2D eigenvalue weighted by Crippen LogP contribution is -2.26. The van der Waals surface area contributed by atoms with Gasteiger partial charge in [0.2, 0.25) is 0 Å². The third kappa shape index (κ3) is 3.56. The molecule has 0 amide bonds. The number of hydrogen-bond donors (Lipinski definition) is 2. The van der Waals surface area contributed by atoms with Gasteiger partial charge in [-0.15, -0.1) is 0 Å². The summed E-state index contributed by atoms with van der Waals surface area (Å²) in [4.78, 5) is 21.9. The Labute approximate surface area is 98.4 Å². The van der Waals surface area contributed by atoms with Gasteiger partial charge in [0.1, 0.15) is 5.56 Å². The lowest BCUT2D eigenvalue weighted by atomic mass is 10.2. The maximum Gasteiger partial charge on any atom is 0.339 e. The van der Waals surface area contributed by atoms with Crippen molar-refractivity contribution in [1.82, 2.24) is 15.1 Å². The smallest absolute Gasteiger partial charge is 0.339 e. The van der Waals surface area contributed by atoms with Gasteiger partial charge in [-0.1, -0.05) is 0 Å². The number of carboxylic acids is 1. The van der Waals surface area contributed by atoms with E-state index >= 15 is 0 Å². The van der Waals surface area contributed by atoms with E-state index in [-0.39, 0.29) is 24.6 Å². The van der Waals surface area contributed by atoms with Crippen LogP contribution in [0.1, 0.15) is 23.0 Å². The second kappa shape index (κ2) is 6.00. The molecule has 94 valence electrons. The molecule has 0 atom stereocenters. The molecule has 0 radical (unpaired) electrons. The first-order valence-electron chi connectivity index (χ1n) is 5.16. The van der Waals surface area contributed by atoms with Crippen LogP contribution in [-0.2, 0) is 23.1 Å². The van der Waals surface area contributed by atoms with Crippen molar-refractivity contribution in [3.8, 4) is 0 Å². The topological polar surface area (TPSA) is 93.4 Å². The van der Waals surface area contributed by atoms with E-state index in [9.17, 15) is 9.59 Å². The number of rotatable bonds is 6. The van der Waals surface area contributed by atoms with E-state index in [1.54, 1.807) is 14.0 Å². The summed E-state index contributed by atoms with van der Waals surface area (Å²) in [5, 5.41) is 15.6. The van der Waals surface area contributed by atoms with Gasteiger partial charge < -0.3 is 15.2 Å². The highest BCUT2D eigenvalue weighted by molar-refractivity contribution is 5.88. The Morgan fingerprint density at radius 3 is 2.88 bits per heavy atom. The number of carbonyl (C=O) groups is 2. The molecule has 0 aromatic carbocycles. The SMILES string of the molecule is CCOC(=O)CNCc1c(C(=O)O)cnn1C.